The smallest absolute Gasteiger partial charge is 0.262 e. The second-order valence-corrected chi connectivity index (χ2v) is 8.06. The van der Waals surface area contributed by atoms with Crippen LogP contribution in [0.15, 0.2) is 54.7 Å². The number of likely N-dealkylation sites (tertiary alicyclic amines) is 1. The lowest BCUT2D eigenvalue weighted by Crippen LogP contribution is -2.38. The lowest BCUT2D eigenvalue weighted by molar-refractivity contribution is -0.134. The van der Waals surface area contributed by atoms with Crippen molar-refractivity contribution in [1.82, 2.24) is 26.0 Å². The number of aromatic amines is 1. The summed E-state index contributed by atoms with van der Waals surface area (Å²) in [5, 5.41) is 14.7. The monoisotopic (exact) mass is 463 g/mol. The number of amides is 4. The van der Waals surface area contributed by atoms with E-state index in [9.17, 15) is 19.2 Å². The van der Waals surface area contributed by atoms with Crippen molar-refractivity contribution in [3.63, 3.8) is 0 Å². The van der Waals surface area contributed by atoms with Gasteiger partial charge in [-0.1, -0.05) is 30.3 Å². The zero-order valence-electron chi connectivity index (χ0n) is 18.3. The Labute approximate surface area is 195 Å². The van der Waals surface area contributed by atoms with Crippen LogP contribution in [0.4, 0.5) is 0 Å². The van der Waals surface area contributed by atoms with Crippen LogP contribution in [-0.2, 0) is 20.9 Å². The Morgan fingerprint density at radius 1 is 1.03 bits per heavy atom. The standard InChI is InChI=1S/C24H25N5O5/c30-21(28-34)13-27-24(33)16-7-5-15(6-8-16)11-26-22(31)14-29-20(9-10-23(29)32)18-12-25-19-4-2-1-3-17(18)19/h1-8,12,20,25,34H,9-11,13-14H2,(H,26,31)(H,27,33)(H,28,30). The molecular formula is C24H25N5O5. The summed E-state index contributed by atoms with van der Waals surface area (Å²) in [6.07, 6.45) is 2.98. The Morgan fingerprint density at radius 3 is 2.56 bits per heavy atom. The molecule has 0 aliphatic carbocycles. The number of aromatic nitrogens is 1. The summed E-state index contributed by atoms with van der Waals surface area (Å²) in [7, 11) is 0. The number of hydrogen-bond acceptors (Lipinski definition) is 5. The third kappa shape index (κ3) is 5.07. The molecule has 10 heteroatoms. The molecule has 1 atom stereocenters. The van der Waals surface area contributed by atoms with Gasteiger partial charge in [-0.05, 0) is 35.7 Å². The summed E-state index contributed by atoms with van der Waals surface area (Å²) >= 11 is 0. The van der Waals surface area contributed by atoms with Gasteiger partial charge in [0.15, 0.2) is 0 Å². The van der Waals surface area contributed by atoms with Crippen molar-refractivity contribution in [2.45, 2.75) is 25.4 Å². The van der Waals surface area contributed by atoms with Gasteiger partial charge in [0, 0.05) is 35.6 Å². The van der Waals surface area contributed by atoms with Crippen molar-refractivity contribution in [2.24, 2.45) is 0 Å². The van der Waals surface area contributed by atoms with E-state index in [-0.39, 0.29) is 37.5 Å². The Hall–Kier alpha value is -4.18. The van der Waals surface area contributed by atoms with Crippen LogP contribution in [0.25, 0.3) is 10.9 Å². The molecule has 1 aromatic heterocycles. The number of benzene rings is 2. The SMILES string of the molecule is O=C(CNC(=O)c1ccc(CNC(=O)CN2C(=O)CCC2c2c[nH]c3ccccc23)cc1)NO. The van der Waals surface area contributed by atoms with Gasteiger partial charge in [-0.25, -0.2) is 5.48 Å². The molecule has 0 spiro atoms. The third-order valence-electron chi connectivity index (χ3n) is 5.86. The number of H-pyrrole nitrogens is 1. The van der Waals surface area contributed by atoms with Crippen LogP contribution in [0.2, 0.25) is 0 Å². The zero-order chi connectivity index (χ0) is 24.1. The van der Waals surface area contributed by atoms with Crippen molar-refractivity contribution < 1.29 is 24.4 Å². The van der Waals surface area contributed by atoms with Crippen LogP contribution in [0.1, 0.15) is 40.4 Å². The van der Waals surface area contributed by atoms with E-state index in [2.05, 4.69) is 15.6 Å². The average molecular weight is 463 g/mol. The maximum Gasteiger partial charge on any atom is 0.262 e. The van der Waals surface area contributed by atoms with E-state index in [1.807, 2.05) is 30.5 Å². The minimum Gasteiger partial charge on any atom is -0.361 e. The summed E-state index contributed by atoms with van der Waals surface area (Å²) in [5.41, 5.74) is 4.56. The van der Waals surface area contributed by atoms with Crippen LogP contribution in [-0.4, -0.2) is 51.8 Å². The molecule has 0 saturated carbocycles. The summed E-state index contributed by atoms with van der Waals surface area (Å²) in [5.74, 6) is -1.50. The maximum absolute atomic E-state index is 12.6. The Kier molecular flexibility index (Phi) is 6.88. The molecule has 34 heavy (non-hydrogen) atoms. The molecule has 0 radical (unpaired) electrons. The maximum atomic E-state index is 12.6. The van der Waals surface area contributed by atoms with Gasteiger partial charge < -0.3 is 20.5 Å². The number of hydroxylamine groups is 1. The van der Waals surface area contributed by atoms with E-state index >= 15 is 0 Å². The summed E-state index contributed by atoms with van der Waals surface area (Å²) < 4.78 is 0. The van der Waals surface area contributed by atoms with Crippen molar-refractivity contribution in [3.05, 3.63) is 71.4 Å². The second kappa shape index (κ2) is 10.2. The fourth-order valence-corrected chi connectivity index (χ4v) is 4.11. The lowest BCUT2D eigenvalue weighted by Gasteiger charge is -2.24. The molecule has 3 aromatic rings. The number of nitrogens with one attached hydrogen (secondary N) is 4. The molecule has 0 bridgehead atoms. The van der Waals surface area contributed by atoms with Gasteiger partial charge in [0.2, 0.25) is 11.8 Å². The summed E-state index contributed by atoms with van der Waals surface area (Å²) in [6.45, 7) is -0.133. The zero-order valence-corrected chi connectivity index (χ0v) is 18.3. The van der Waals surface area contributed by atoms with Crippen LogP contribution >= 0.6 is 0 Å². The quantitative estimate of drug-likeness (QED) is 0.253. The van der Waals surface area contributed by atoms with Gasteiger partial charge >= 0.3 is 0 Å². The topological polar surface area (TPSA) is 144 Å². The van der Waals surface area contributed by atoms with Crippen molar-refractivity contribution in [1.29, 1.82) is 0 Å². The van der Waals surface area contributed by atoms with Gasteiger partial charge in [-0.15, -0.1) is 0 Å². The molecule has 4 rings (SSSR count). The molecule has 1 unspecified atom stereocenters. The van der Waals surface area contributed by atoms with E-state index < -0.39 is 11.8 Å². The largest absolute Gasteiger partial charge is 0.361 e. The molecule has 2 heterocycles. The number of nitrogens with zero attached hydrogens (tertiary/aromatic N) is 1. The molecule has 2 aromatic carbocycles. The first-order valence-corrected chi connectivity index (χ1v) is 10.9. The fraction of sp³-hybridized carbons (Fsp3) is 0.250. The molecule has 1 aliphatic heterocycles. The van der Waals surface area contributed by atoms with Gasteiger partial charge in [0.25, 0.3) is 11.8 Å². The minimum atomic E-state index is -0.726. The van der Waals surface area contributed by atoms with Gasteiger partial charge in [-0.2, -0.15) is 0 Å². The number of hydrogen-bond donors (Lipinski definition) is 5. The van der Waals surface area contributed by atoms with Crippen LogP contribution in [0, 0.1) is 0 Å². The van der Waals surface area contributed by atoms with E-state index in [0.29, 0.717) is 18.4 Å². The average Bonchev–Trinajstić information content (AvgIpc) is 3.44. The molecule has 1 saturated heterocycles. The molecule has 4 amide bonds. The van der Waals surface area contributed by atoms with E-state index in [1.165, 1.54) is 5.48 Å². The normalized spacial score (nSPS) is 15.4. The predicted octanol–water partition coefficient (Wildman–Crippen LogP) is 1.38. The molecule has 10 nitrogen and oxygen atoms in total. The highest BCUT2D eigenvalue weighted by atomic mass is 16.5. The fourth-order valence-electron chi connectivity index (χ4n) is 4.11. The number of carbonyl (C=O) groups excluding carboxylic acids is 4. The van der Waals surface area contributed by atoms with Crippen LogP contribution in [0.3, 0.4) is 0 Å². The first kappa shape index (κ1) is 23.0. The second-order valence-electron chi connectivity index (χ2n) is 8.06. The molecule has 1 fully saturated rings. The van der Waals surface area contributed by atoms with Gasteiger partial charge in [0.1, 0.15) is 6.54 Å². The van der Waals surface area contributed by atoms with E-state index in [0.717, 1.165) is 22.0 Å². The predicted molar refractivity (Wildman–Crippen MR) is 123 cm³/mol. The summed E-state index contributed by atoms with van der Waals surface area (Å²) in [4.78, 5) is 53.0. The Bertz CT molecular complexity index is 1220. The van der Waals surface area contributed by atoms with Crippen molar-refractivity contribution in [3.8, 4) is 0 Å². The van der Waals surface area contributed by atoms with Crippen LogP contribution in [0.5, 0.6) is 0 Å². The molecule has 1 aliphatic rings. The number of fused-ring (bicyclic) bond motifs is 1. The van der Waals surface area contributed by atoms with E-state index in [1.54, 1.807) is 29.2 Å². The lowest BCUT2D eigenvalue weighted by atomic mass is 10.0. The highest BCUT2D eigenvalue weighted by Gasteiger charge is 2.34. The first-order valence-electron chi connectivity index (χ1n) is 10.9. The molecule has 176 valence electrons. The highest BCUT2D eigenvalue weighted by Crippen LogP contribution is 2.36. The molecule has 5 N–H and O–H groups in total. The third-order valence-corrected chi connectivity index (χ3v) is 5.86. The highest BCUT2D eigenvalue weighted by molar-refractivity contribution is 5.96. The number of carbonyl (C=O) groups is 4. The van der Waals surface area contributed by atoms with Crippen molar-refractivity contribution in [2.75, 3.05) is 13.1 Å². The van der Waals surface area contributed by atoms with Crippen LogP contribution < -0.4 is 16.1 Å². The Balaban J connectivity index is 1.33. The number of para-hydroxylation sites is 1. The summed E-state index contributed by atoms with van der Waals surface area (Å²) in [6, 6.07) is 14.3. The minimum absolute atomic E-state index is 0.0313. The number of rotatable bonds is 8. The van der Waals surface area contributed by atoms with E-state index in [4.69, 9.17) is 5.21 Å². The van der Waals surface area contributed by atoms with Gasteiger partial charge in [0.05, 0.1) is 12.6 Å². The molecular weight excluding hydrogens is 438 g/mol. The first-order chi connectivity index (χ1) is 16.5. The Morgan fingerprint density at radius 2 is 1.79 bits per heavy atom. The van der Waals surface area contributed by atoms with Crippen molar-refractivity contribution >= 4 is 34.5 Å². The van der Waals surface area contributed by atoms with Gasteiger partial charge in [-0.3, -0.25) is 24.4 Å².